The summed E-state index contributed by atoms with van der Waals surface area (Å²) >= 11 is 0. The molecule has 2 aromatic carbocycles. The first-order chi connectivity index (χ1) is 13.5. The van der Waals surface area contributed by atoms with Crippen LogP contribution in [-0.4, -0.2) is 24.6 Å². The van der Waals surface area contributed by atoms with Gasteiger partial charge in [-0.05, 0) is 61.7 Å². The van der Waals surface area contributed by atoms with Gasteiger partial charge in [-0.25, -0.2) is 5.43 Å². The number of hydrogen-bond donors (Lipinski definition) is 2. The summed E-state index contributed by atoms with van der Waals surface area (Å²) in [7, 11) is 0. The maximum absolute atomic E-state index is 12.0. The molecule has 0 aliphatic heterocycles. The molecule has 0 unspecified atom stereocenters. The lowest BCUT2D eigenvalue weighted by Gasteiger charge is -2.08. The Balaban J connectivity index is 1.77. The van der Waals surface area contributed by atoms with E-state index in [4.69, 9.17) is 4.74 Å². The van der Waals surface area contributed by atoms with Crippen LogP contribution in [0.3, 0.4) is 0 Å². The van der Waals surface area contributed by atoms with Gasteiger partial charge in [0.1, 0.15) is 12.2 Å². The maximum atomic E-state index is 12.0. The van der Waals surface area contributed by atoms with Crippen LogP contribution in [0.2, 0.25) is 0 Å². The molecule has 0 fully saturated rings. The van der Waals surface area contributed by atoms with Crippen LogP contribution in [0, 0.1) is 13.8 Å². The average molecular weight is 381 g/mol. The second kappa shape index (κ2) is 10.9. The molecule has 148 valence electrons. The second-order valence-electron chi connectivity index (χ2n) is 6.61. The highest BCUT2D eigenvalue weighted by Gasteiger charge is 2.10. The molecule has 0 saturated heterocycles. The average Bonchev–Trinajstić information content (AvgIpc) is 2.65. The Morgan fingerprint density at radius 1 is 1.07 bits per heavy atom. The minimum atomic E-state index is -0.474. The number of hydrogen-bond acceptors (Lipinski definition) is 4. The van der Waals surface area contributed by atoms with Gasteiger partial charge in [0.05, 0.1) is 12.8 Å². The number of benzene rings is 2. The van der Waals surface area contributed by atoms with Crippen molar-refractivity contribution in [1.82, 2.24) is 5.43 Å². The molecule has 2 amide bonds. The standard InChI is InChI=1S/C22H27N3O3/c1-4-5-12-28-19-9-7-18(8-10-19)15-23-25-22(27)14-21(26)24-20-11-6-16(2)13-17(20)3/h6-11,13,15H,4-5,12,14H2,1-3H3,(H,24,26)(H,25,27). The minimum Gasteiger partial charge on any atom is -0.494 e. The molecule has 0 aliphatic rings. The van der Waals surface area contributed by atoms with Crippen molar-refractivity contribution in [3.63, 3.8) is 0 Å². The Morgan fingerprint density at radius 2 is 1.82 bits per heavy atom. The van der Waals surface area contributed by atoms with Crippen LogP contribution < -0.4 is 15.5 Å². The fraction of sp³-hybridized carbons (Fsp3) is 0.318. The summed E-state index contributed by atoms with van der Waals surface area (Å²) in [6.07, 6.45) is 3.34. The first-order valence-corrected chi connectivity index (χ1v) is 9.40. The fourth-order valence-electron chi connectivity index (χ4n) is 2.50. The van der Waals surface area contributed by atoms with E-state index >= 15 is 0 Å². The van der Waals surface area contributed by atoms with Crippen LogP contribution >= 0.6 is 0 Å². The minimum absolute atomic E-state index is 0.297. The first kappa shape index (κ1) is 21.2. The molecule has 0 bridgehead atoms. The molecule has 0 radical (unpaired) electrons. The Morgan fingerprint density at radius 3 is 2.50 bits per heavy atom. The highest BCUT2D eigenvalue weighted by molar-refractivity contribution is 6.04. The van der Waals surface area contributed by atoms with Crippen molar-refractivity contribution in [2.75, 3.05) is 11.9 Å². The number of ether oxygens (including phenoxy) is 1. The van der Waals surface area contributed by atoms with Gasteiger partial charge >= 0.3 is 0 Å². The fourth-order valence-corrected chi connectivity index (χ4v) is 2.50. The second-order valence-corrected chi connectivity index (χ2v) is 6.61. The number of anilines is 1. The van der Waals surface area contributed by atoms with Crippen molar-refractivity contribution in [3.8, 4) is 5.75 Å². The van der Waals surface area contributed by atoms with Crippen molar-refractivity contribution in [2.24, 2.45) is 5.10 Å². The van der Waals surface area contributed by atoms with Crippen molar-refractivity contribution in [1.29, 1.82) is 0 Å². The van der Waals surface area contributed by atoms with E-state index in [0.29, 0.717) is 12.3 Å². The SMILES string of the molecule is CCCCOc1ccc(C=NNC(=O)CC(=O)Nc2ccc(C)cc2C)cc1. The molecule has 2 N–H and O–H groups in total. The summed E-state index contributed by atoms with van der Waals surface area (Å²) in [6.45, 7) is 6.71. The normalized spacial score (nSPS) is 10.7. The number of nitrogens with one attached hydrogen (secondary N) is 2. The Hall–Kier alpha value is -3.15. The van der Waals surface area contributed by atoms with Gasteiger partial charge in [0, 0.05) is 5.69 Å². The molecule has 0 atom stereocenters. The molecule has 6 heteroatoms. The van der Waals surface area contributed by atoms with Crippen LogP contribution in [-0.2, 0) is 9.59 Å². The van der Waals surface area contributed by atoms with Crippen LogP contribution in [0.1, 0.15) is 42.9 Å². The van der Waals surface area contributed by atoms with Gasteiger partial charge in [0.25, 0.3) is 0 Å². The first-order valence-electron chi connectivity index (χ1n) is 9.40. The summed E-state index contributed by atoms with van der Waals surface area (Å²) in [5.41, 5.74) is 5.96. The number of rotatable bonds is 9. The largest absolute Gasteiger partial charge is 0.494 e. The zero-order valence-corrected chi connectivity index (χ0v) is 16.6. The number of amides is 2. The molecule has 0 saturated carbocycles. The molecule has 2 aromatic rings. The summed E-state index contributed by atoms with van der Waals surface area (Å²) in [6, 6.07) is 13.1. The number of hydrazone groups is 1. The smallest absolute Gasteiger partial charge is 0.249 e. The van der Waals surface area contributed by atoms with Gasteiger partial charge in [-0.3, -0.25) is 9.59 Å². The zero-order valence-electron chi connectivity index (χ0n) is 16.6. The van der Waals surface area contributed by atoms with Crippen molar-refractivity contribution >= 4 is 23.7 Å². The lowest BCUT2D eigenvalue weighted by Crippen LogP contribution is -2.24. The van der Waals surface area contributed by atoms with E-state index in [-0.39, 0.29) is 12.3 Å². The molecular weight excluding hydrogens is 354 g/mol. The molecule has 0 heterocycles. The van der Waals surface area contributed by atoms with Gasteiger partial charge in [-0.15, -0.1) is 0 Å². The van der Waals surface area contributed by atoms with Gasteiger partial charge in [0.15, 0.2) is 0 Å². The third kappa shape index (κ3) is 7.23. The van der Waals surface area contributed by atoms with Crippen LogP contribution in [0.25, 0.3) is 0 Å². The predicted molar refractivity (Wildman–Crippen MR) is 112 cm³/mol. The molecule has 2 rings (SSSR count). The van der Waals surface area contributed by atoms with Gasteiger partial charge in [0.2, 0.25) is 11.8 Å². The van der Waals surface area contributed by atoms with Crippen LogP contribution in [0.4, 0.5) is 5.69 Å². The van der Waals surface area contributed by atoms with E-state index in [1.807, 2.05) is 56.3 Å². The molecule has 0 aliphatic carbocycles. The molecule has 0 spiro atoms. The summed E-state index contributed by atoms with van der Waals surface area (Å²) in [5, 5.41) is 6.63. The van der Waals surface area contributed by atoms with Gasteiger partial charge in [-0.1, -0.05) is 31.0 Å². The van der Waals surface area contributed by atoms with Crippen molar-refractivity contribution in [3.05, 3.63) is 59.2 Å². The topological polar surface area (TPSA) is 79.8 Å². The van der Waals surface area contributed by atoms with Crippen molar-refractivity contribution in [2.45, 2.75) is 40.0 Å². The monoisotopic (exact) mass is 381 g/mol. The number of aryl methyl sites for hydroxylation is 2. The molecule has 6 nitrogen and oxygen atoms in total. The van der Waals surface area contributed by atoms with E-state index in [9.17, 15) is 9.59 Å². The van der Waals surface area contributed by atoms with E-state index in [0.717, 1.165) is 35.3 Å². The van der Waals surface area contributed by atoms with Crippen LogP contribution in [0.5, 0.6) is 5.75 Å². The highest BCUT2D eigenvalue weighted by atomic mass is 16.5. The van der Waals surface area contributed by atoms with Crippen LogP contribution in [0.15, 0.2) is 47.6 Å². The van der Waals surface area contributed by atoms with E-state index < -0.39 is 5.91 Å². The van der Waals surface area contributed by atoms with E-state index in [1.54, 1.807) is 0 Å². The highest BCUT2D eigenvalue weighted by Crippen LogP contribution is 2.16. The summed E-state index contributed by atoms with van der Waals surface area (Å²) in [5.74, 6) is -0.0519. The molecule has 28 heavy (non-hydrogen) atoms. The third-order valence-electron chi connectivity index (χ3n) is 4.03. The number of carbonyl (C=O) groups excluding carboxylic acids is 2. The third-order valence-corrected chi connectivity index (χ3v) is 4.03. The number of nitrogens with zero attached hydrogens (tertiary/aromatic N) is 1. The lowest BCUT2D eigenvalue weighted by atomic mass is 10.1. The summed E-state index contributed by atoms with van der Waals surface area (Å²) < 4.78 is 5.59. The predicted octanol–water partition coefficient (Wildman–Crippen LogP) is 3.96. The maximum Gasteiger partial charge on any atom is 0.249 e. The number of unbranched alkanes of at least 4 members (excludes halogenated alkanes) is 1. The molecule has 0 aromatic heterocycles. The Labute approximate surface area is 166 Å². The zero-order chi connectivity index (χ0) is 20.4. The molecular formula is C22H27N3O3. The Kier molecular flexibility index (Phi) is 8.21. The van der Waals surface area contributed by atoms with Gasteiger partial charge < -0.3 is 10.1 Å². The van der Waals surface area contributed by atoms with E-state index in [2.05, 4.69) is 22.8 Å². The quantitative estimate of drug-likeness (QED) is 0.299. The Bertz CT molecular complexity index is 829. The van der Waals surface area contributed by atoms with Crippen molar-refractivity contribution < 1.29 is 14.3 Å². The summed E-state index contributed by atoms with van der Waals surface area (Å²) in [4.78, 5) is 23.9. The van der Waals surface area contributed by atoms with Gasteiger partial charge in [-0.2, -0.15) is 5.10 Å². The van der Waals surface area contributed by atoms with E-state index in [1.165, 1.54) is 6.21 Å². The lowest BCUT2D eigenvalue weighted by molar-refractivity contribution is -0.126. The number of carbonyl (C=O) groups is 2.